The molecule has 0 aliphatic carbocycles. The van der Waals surface area contributed by atoms with Gasteiger partial charge in [0.25, 0.3) is 5.91 Å². The standard InChI is InChI=1S/C23H32N2O4S/c1-8-22(29-20-11-9-19(10-12-20)25(6)30(7,27)28)23(26)24-18(5)21-14-16(3)15(2)13-17(21)4/h9-14,18,22H,8H2,1-7H3,(H,24,26)/t18-,22-/m1/s1. The van der Waals surface area contributed by atoms with Crippen LogP contribution in [0, 0.1) is 20.8 Å². The van der Waals surface area contributed by atoms with Crippen molar-refractivity contribution in [2.75, 3.05) is 17.6 Å². The molecule has 0 heterocycles. The molecule has 0 spiro atoms. The molecule has 0 fully saturated rings. The van der Waals surface area contributed by atoms with Crippen molar-refractivity contribution in [1.29, 1.82) is 0 Å². The number of carbonyl (C=O) groups excluding carboxylic acids is 1. The largest absolute Gasteiger partial charge is 0.481 e. The quantitative estimate of drug-likeness (QED) is 0.683. The Bertz CT molecular complexity index is 1000. The molecule has 7 heteroatoms. The van der Waals surface area contributed by atoms with E-state index in [-0.39, 0.29) is 11.9 Å². The summed E-state index contributed by atoms with van der Waals surface area (Å²) < 4.78 is 30.4. The highest BCUT2D eigenvalue weighted by molar-refractivity contribution is 7.92. The Kier molecular flexibility index (Phi) is 7.53. The van der Waals surface area contributed by atoms with Crippen LogP contribution in [0.25, 0.3) is 0 Å². The van der Waals surface area contributed by atoms with Gasteiger partial charge in [-0.2, -0.15) is 0 Å². The number of nitrogens with one attached hydrogen (secondary N) is 1. The topological polar surface area (TPSA) is 75.7 Å². The second-order valence-corrected chi connectivity index (χ2v) is 9.78. The molecule has 164 valence electrons. The number of carbonyl (C=O) groups is 1. The zero-order valence-electron chi connectivity index (χ0n) is 18.8. The van der Waals surface area contributed by atoms with Gasteiger partial charge in [-0.3, -0.25) is 9.10 Å². The molecule has 0 saturated heterocycles. The minimum absolute atomic E-state index is 0.139. The average molecular weight is 433 g/mol. The van der Waals surface area contributed by atoms with Crippen LogP contribution in [0.3, 0.4) is 0 Å². The van der Waals surface area contributed by atoms with Gasteiger partial charge in [0.2, 0.25) is 10.0 Å². The number of anilines is 1. The van der Waals surface area contributed by atoms with Crippen molar-refractivity contribution in [3.8, 4) is 5.75 Å². The summed E-state index contributed by atoms with van der Waals surface area (Å²) in [4.78, 5) is 12.8. The van der Waals surface area contributed by atoms with E-state index in [4.69, 9.17) is 4.74 Å². The molecule has 0 bridgehead atoms. The predicted molar refractivity (Wildman–Crippen MR) is 122 cm³/mol. The summed E-state index contributed by atoms with van der Waals surface area (Å²) in [5.41, 5.74) is 5.19. The van der Waals surface area contributed by atoms with Gasteiger partial charge < -0.3 is 10.1 Å². The van der Waals surface area contributed by atoms with Gasteiger partial charge in [0.15, 0.2) is 6.10 Å². The fourth-order valence-electron chi connectivity index (χ4n) is 3.25. The molecule has 1 amide bonds. The van der Waals surface area contributed by atoms with Crippen LogP contribution in [0.15, 0.2) is 36.4 Å². The molecule has 2 aromatic carbocycles. The van der Waals surface area contributed by atoms with E-state index in [0.717, 1.165) is 17.4 Å². The molecule has 0 aromatic heterocycles. The van der Waals surface area contributed by atoms with E-state index in [9.17, 15) is 13.2 Å². The summed E-state index contributed by atoms with van der Waals surface area (Å²) in [6, 6.07) is 10.8. The molecular weight excluding hydrogens is 400 g/mol. The van der Waals surface area contributed by atoms with Crippen molar-refractivity contribution >= 4 is 21.6 Å². The Hall–Kier alpha value is -2.54. The third kappa shape index (κ3) is 5.75. The summed E-state index contributed by atoms with van der Waals surface area (Å²) in [6.07, 6.45) is 1.01. The van der Waals surface area contributed by atoms with Crippen LogP contribution in [0.4, 0.5) is 5.69 Å². The highest BCUT2D eigenvalue weighted by Gasteiger charge is 2.22. The molecule has 30 heavy (non-hydrogen) atoms. The van der Waals surface area contributed by atoms with E-state index in [2.05, 4.69) is 31.3 Å². The Morgan fingerprint density at radius 3 is 2.17 bits per heavy atom. The molecule has 2 atom stereocenters. The lowest BCUT2D eigenvalue weighted by Crippen LogP contribution is -2.39. The Labute approximate surface area is 180 Å². The maximum absolute atomic E-state index is 12.8. The van der Waals surface area contributed by atoms with E-state index < -0.39 is 16.1 Å². The van der Waals surface area contributed by atoms with Crippen LogP contribution >= 0.6 is 0 Å². The third-order valence-electron chi connectivity index (χ3n) is 5.35. The van der Waals surface area contributed by atoms with Crippen LogP contribution in [-0.4, -0.2) is 33.7 Å². The Morgan fingerprint density at radius 1 is 1.07 bits per heavy atom. The van der Waals surface area contributed by atoms with Crippen molar-refractivity contribution in [1.82, 2.24) is 5.32 Å². The lowest BCUT2D eigenvalue weighted by Gasteiger charge is -2.23. The monoisotopic (exact) mass is 432 g/mol. The fraction of sp³-hybridized carbons (Fsp3) is 0.435. The zero-order valence-corrected chi connectivity index (χ0v) is 19.6. The number of aryl methyl sites for hydroxylation is 3. The van der Waals surface area contributed by atoms with Crippen molar-refractivity contribution in [3.63, 3.8) is 0 Å². The molecule has 2 rings (SSSR count). The number of benzene rings is 2. The number of ether oxygens (including phenoxy) is 1. The first-order valence-electron chi connectivity index (χ1n) is 10.0. The first-order chi connectivity index (χ1) is 13.9. The minimum atomic E-state index is -3.33. The first-order valence-corrected chi connectivity index (χ1v) is 11.9. The molecule has 0 saturated carbocycles. The van der Waals surface area contributed by atoms with Gasteiger partial charge in [0.05, 0.1) is 18.0 Å². The molecule has 2 aromatic rings. The SMILES string of the molecule is CC[C@@H](Oc1ccc(N(C)S(C)(=O)=O)cc1)C(=O)N[C@H](C)c1cc(C)c(C)cc1C. The van der Waals surface area contributed by atoms with Gasteiger partial charge in [-0.15, -0.1) is 0 Å². The maximum Gasteiger partial charge on any atom is 0.261 e. The lowest BCUT2D eigenvalue weighted by molar-refractivity contribution is -0.128. The van der Waals surface area contributed by atoms with Crippen LogP contribution in [0.2, 0.25) is 0 Å². The average Bonchev–Trinajstić information content (AvgIpc) is 2.67. The van der Waals surface area contributed by atoms with Crippen LogP contribution in [-0.2, 0) is 14.8 Å². The van der Waals surface area contributed by atoms with Crippen LogP contribution in [0.1, 0.15) is 48.6 Å². The van der Waals surface area contributed by atoms with Gasteiger partial charge >= 0.3 is 0 Å². The normalized spacial score (nSPS) is 13.4. The molecule has 0 aliphatic heterocycles. The Morgan fingerprint density at radius 2 is 1.63 bits per heavy atom. The number of rotatable bonds is 8. The lowest BCUT2D eigenvalue weighted by atomic mass is 9.96. The van der Waals surface area contributed by atoms with Crippen molar-refractivity contribution in [3.05, 3.63) is 58.7 Å². The van der Waals surface area contributed by atoms with Crippen molar-refractivity contribution in [2.24, 2.45) is 0 Å². The number of hydrogen-bond donors (Lipinski definition) is 1. The molecule has 0 radical (unpaired) electrons. The third-order valence-corrected chi connectivity index (χ3v) is 6.55. The van der Waals surface area contributed by atoms with E-state index >= 15 is 0 Å². The second-order valence-electron chi connectivity index (χ2n) is 7.76. The van der Waals surface area contributed by atoms with Gasteiger partial charge in [-0.25, -0.2) is 8.42 Å². The first kappa shape index (κ1) is 23.7. The zero-order chi connectivity index (χ0) is 22.6. The molecule has 1 N–H and O–H groups in total. The number of sulfonamides is 1. The molecule has 0 unspecified atom stereocenters. The van der Waals surface area contributed by atoms with Crippen LogP contribution in [0.5, 0.6) is 5.75 Å². The smallest absolute Gasteiger partial charge is 0.261 e. The summed E-state index contributed by atoms with van der Waals surface area (Å²) in [5, 5.41) is 3.05. The summed E-state index contributed by atoms with van der Waals surface area (Å²) >= 11 is 0. The highest BCUT2D eigenvalue weighted by atomic mass is 32.2. The van der Waals surface area contributed by atoms with E-state index in [1.54, 1.807) is 24.3 Å². The van der Waals surface area contributed by atoms with Gasteiger partial charge in [0.1, 0.15) is 5.75 Å². The van der Waals surface area contributed by atoms with Gasteiger partial charge in [-0.05, 0) is 80.6 Å². The van der Waals surface area contributed by atoms with E-state index in [0.29, 0.717) is 17.9 Å². The molecule has 0 aliphatic rings. The molecule has 6 nitrogen and oxygen atoms in total. The number of hydrogen-bond acceptors (Lipinski definition) is 4. The summed E-state index contributed by atoms with van der Waals surface area (Å²) in [6.45, 7) is 10.1. The number of nitrogens with zero attached hydrogens (tertiary/aromatic N) is 1. The summed E-state index contributed by atoms with van der Waals surface area (Å²) in [5.74, 6) is 0.331. The van der Waals surface area contributed by atoms with E-state index in [1.807, 2.05) is 20.8 Å². The number of amides is 1. The van der Waals surface area contributed by atoms with Gasteiger partial charge in [0, 0.05) is 7.05 Å². The van der Waals surface area contributed by atoms with Crippen molar-refractivity contribution < 1.29 is 17.9 Å². The highest BCUT2D eigenvalue weighted by Crippen LogP contribution is 2.24. The van der Waals surface area contributed by atoms with Crippen molar-refractivity contribution in [2.45, 2.75) is 53.2 Å². The summed E-state index contributed by atoms with van der Waals surface area (Å²) in [7, 11) is -1.84. The maximum atomic E-state index is 12.8. The fourth-order valence-corrected chi connectivity index (χ4v) is 3.75. The Balaban J connectivity index is 2.09. The van der Waals surface area contributed by atoms with Crippen LogP contribution < -0.4 is 14.4 Å². The minimum Gasteiger partial charge on any atom is -0.481 e. The van der Waals surface area contributed by atoms with Gasteiger partial charge in [-0.1, -0.05) is 19.1 Å². The van der Waals surface area contributed by atoms with E-state index in [1.165, 1.54) is 22.5 Å². The molecular formula is C23H32N2O4S. The second kappa shape index (κ2) is 9.51. The predicted octanol–water partition coefficient (Wildman–Crippen LogP) is 4.04.